The normalized spacial score (nSPS) is 29.9. The maximum Gasteiger partial charge on any atom is 0.235 e. The summed E-state index contributed by atoms with van der Waals surface area (Å²) >= 11 is 0. The van der Waals surface area contributed by atoms with Crippen molar-refractivity contribution in [2.45, 2.75) is 38.2 Å². The van der Waals surface area contributed by atoms with Gasteiger partial charge < -0.3 is 15.9 Å². The summed E-state index contributed by atoms with van der Waals surface area (Å²) in [5, 5.41) is 22.3. The van der Waals surface area contributed by atoms with Crippen LogP contribution in [0, 0.1) is 23.7 Å². The highest BCUT2D eigenvalue weighted by Crippen LogP contribution is 2.51. The molecule has 5 rings (SSSR count). The first-order valence-electron chi connectivity index (χ1n) is 11.7. The predicted octanol–water partition coefficient (Wildman–Crippen LogP) is 1.56. The van der Waals surface area contributed by atoms with Gasteiger partial charge in [-0.05, 0) is 53.5 Å². The fourth-order valence-electron chi connectivity index (χ4n) is 6.24. The number of ketones is 4. The van der Waals surface area contributed by atoms with Gasteiger partial charge in [0.05, 0.1) is 11.5 Å². The van der Waals surface area contributed by atoms with Crippen molar-refractivity contribution in [1.29, 1.82) is 0 Å². The zero-order valence-corrected chi connectivity index (χ0v) is 19.1. The summed E-state index contributed by atoms with van der Waals surface area (Å²) < 4.78 is 0. The Morgan fingerprint density at radius 1 is 1.09 bits per heavy atom. The Balaban J connectivity index is 1.66. The molecule has 0 heterocycles. The van der Waals surface area contributed by atoms with E-state index >= 15 is 0 Å². The number of rotatable bonds is 3. The zero-order valence-electron chi connectivity index (χ0n) is 19.1. The van der Waals surface area contributed by atoms with E-state index in [1.807, 2.05) is 43.3 Å². The number of fused-ring (bicyclic) bond motifs is 3. The van der Waals surface area contributed by atoms with E-state index < -0.39 is 58.3 Å². The standard InChI is InChI=1S/C27H25NO7/c1-2-12-9-16(13-6-4-3-5-7-13)17-10-14-8-15-11-18(29)21(26(28)34)25(33)27(15,35)24(32)19(14)23(31)20(17)22(12)30/h3-7,9,14-15,19,21,30,35H,2,8,10-11H2,1H3,(H2,28,34)/t14-,15+,19?,21?,27+/m1/s1. The molecule has 0 bridgehead atoms. The number of amides is 1. The second-order valence-corrected chi connectivity index (χ2v) is 9.74. The van der Waals surface area contributed by atoms with Gasteiger partial charge in [-0.3, -0.25) is 24.0 Å². The molecule has 0 radical (unpaired) electrons. The minimum absolute atomic E-state index is 0.0330. The number of Topliss-reactive ketones (excluding diaryl/α,β-unsaturated/α-hetero) is 4. The van der Waals surface area contributed by atoms with Crippen molar-refractivity contribution in [3.63, 3.8) is 0 Å². The third-order valence-electron chi connectivity index (χ3n) is 7.95. The van der Waals surface area contributed by atoms with Crippen LogP contribution in [-0.4, -0.2) is 44.9 Å². The third-order valence-corrected chi connectivity index (χ3v) is 7.95. The number of aliphatic hydroxyl groups is 1. The van der Waals surface area contributed by atoms with Gasteiger partial charge in [-0.2, -0.15) is 0 Å². The molecule has 2 aromatic carbocycles. The Morgan fingerprint density at radius 3 is 2.40 bits per heavy atom. The number of benzene rings is 2. The predicted molar refractivity (Wildman–Crippen MR) is 123 cm³/mol. The summed E-state index contributed by atoms with van der Waals surface area (Å²) in [5.41, 5.74) is 5.40. The summed E-state index contributed by atoms with van der Waals surface area (Å²) in [6.45, 7) is 1.84. The number of aromatic hydroxyl groups is 1. The van der Waals surface area contributed by atoms with Crippen LogP contribution in [0.25, 0.3) is 11.1 Å². The average molecular weight is 475 g/mol. The molecular formula is C27H25NO7. The summed E-state index contributed by atoms with van der Waals surface area (Å²) in [7, 11) is 0. The maximum atomic E-state index is 13.8. The van der Waals surface area contributed by atoms with E-state index in [9.17, 15) is 34.2 Å². The number of carbonyl (C=O) groups is 5. The SMILES string of the molecule is CCc1cc(-c2ccccc2)c2c(c1O)C(=O)C1C(=O)[C@]3(O)C(=O)C(C(N)=O)C(=O)C[C@@H]3C[C@@H]1C2. The van der Waals surface area contributed by atoms with Gasteiger partial charge in [-0.15, -0.1) is 0 Å². The molecule has 3 aliphatic carbocycles. The van der Waals surface area contributed by atoms with Gasteiger partial charge >= 0.3 is 0 Å². The molecule has 0 saturated heterocycles. The molecule has 4 N–H and O–H groups in total. The van der Waals surface area contributed by atoms with Crippen LogP contribution in [0.5, 0.6) is 5.75 Å². The molecule has 0 aromatic heterocycles. The number of phenolic OH excluding ortho intramolecular Hbond substituents is 1. The molecule has 0 spiro atoms. The quantitative estimate of drug-likeness (QED) is 0.570. The van der Waals surface area contributed by atoms with Crippen LogP contribution in [0.2, 0.25) is 0 Å². The summed E-state index contributed by atoms with van der Waals surface area (Å²) in [6.07, 6.45) is 0.428. The first-order valence-corrected chi connectivity index (χ1v) is 11.7. The molecule has 2 aromatic rings. The van der Waals surface area contributed by atoms with Crippen molar-refractivity contribution in [2.24, 2.45) is 29.4 Å². The smallest absolute Gasteiger partial charge is 0.235 e. The van der Waals surface area contributed by atoms with Crippen LogP contribution in [-0.2, 0) is 32.0 Å². The fraction of sp³-hybridized carbons (Fsp3) is 0.370. The van der Waals surface area contributed by atoms with Crippen molar-refractivity contribution < 1.29 is 34.2 Å². The van der Waals surface area contributed by atoms with Crippen LogP contribution < -0.4 is 5.73 Å². The van der Waals surface area contributed by atoms with E-state index in [4.69, 9.17) is 5.73 Å². The van der Waals surface area contributed by atoms with Crippen LogP contribution in [0.1, 0.15) is 41.3 Å². The molecule has 35 heavy (non-hydrogen) atoms. The molecule has 180 valence electrons. The van der Waals surface area contributed by atoms with E-state index in [2.05, 4.69) is 0 Å². The van der Waals surface area contributed by atoms with Crippen molar-refractivity contribution in [3.05, 3.63) is 53.1 Å². The third kappa shape index (κ3) is 3.13. The topological polar surface area (TPSA) is 152 Å². The lowest BCUT2D eigenvalue weighted by Crippen LogP contribution is -2.68. The van der Waals surface area contributed by atoms with Gasteiger partial charge in [0.2, 0.25) is 5.91 Å². The van der Waals surface area contributed by atoms with Crippen molar-refractivity contribution in [1.82, 2.24) is 0 Å². The Morgan fingerprint density at radius 2 is 1.77 bits per heavy atom. The van der Waals surface area contributed by atoms with Gasteiger partial charge in [0.15, 0.2) is 34.7 Å². The van der Waals surface area contributed by atoms with E-state index in [0.717, 1.165) is 11.1 Å². The van der Waals surface area contributed by atoms with E-state index in [1.54, 1.807) is 0 Å². The highest BCUT2D eigenvalue weighted by Gasteiger charge is 2.66. The Hall–Kier alpha value is -3.65. The van der Waals surface area contributed by atoms with Gasteiger partial charge in [0, 0.05) is 12.3 Å². The lowest BCUT2D eigenvalue weighted by Gasteiger charge is -2.48. The molecule has 5 atom stereocenters. The average Bonchev–Trinajstić information content (AvgIpc) is 2.82. The number of hydrogen-bond acceptors (Lipinski definition) is 7. The molecular weight excluding hydrogens is 450 g/mol. The maximum absolute atomic E-state index is 13.8. The number of aryl methyl sites for hydroxylation is 1. The van der Waals surface area contributed by atoms with E-state index in [-0.39, 0.29) is 30.6 Å². The van der Waals surface area contributed by atoms with Crippen LogP contribution in [0.15, 0.2) is 36.4 Å². The zero-order chi connectivity index (χ0) is 25.2. The number of nitrogens with two attached hydrogens (primary N) is 1. The number of hydrogen-bond donors (Lipinski definition) is 3. The van der Waals surface area contributed by atoms with E-state index in [1.165, 1.54) is 0 Å². The number of primary amides is 1. The van der Waals surface area contributed by atoms with Crippen LogP contribution >= 0.6 is 0 Å². The summed E-state index contributed by atoms with van der Waals surface area (Å²) in [6, 6.07) is 11.3. The summed E-state index contributed by atoms with van der Waals surface area (Å²) in [4.78, 5) is 64.6. The highest BCUT2D eigenvalue weighted by atomic mass is 16.3. The largest absolute Gasteiger partial charge is 0.507 e. The second kappa shape index (κ2) is 7.95. The van der Waals surface area contributed by atoms with Gasteiger partial charge in [0.1, 0.15) is 5.75 Å². The minimum atomic E-state index is -2.64. The van der Waals surface area contributed by atoms with Gasteiger partial charge in [-0.25, -0.2) is 0 Å². The molecule has 1 amide bonds. The lowest BCUT2D eigenvalue weighted by molar-refractivity contribution is -0.175. The first kappa shape index (κ1) is 23.1. The Bertz CT molecular complexity index is 1310. The molecule has 2 unspecified atom stereocenters. The number of phenols is 1. The van der Waals surface area contributed by atoms with E-state index in [0.29, 0.717) is 17.5 Å². The molecule has 3 aliphatic rings. The molecule has 2 saturated carbocycles. The first-order chi connectivity index (χ1) is 16.6. The molecule has 2 fully saturated rings. The van der Waals surface area contributed by atoms with Crippen molar-refractivity contribution in [3.8, 4) is 16.9 Å². The van der Waals surface area contributed by atoms with Gasteiger partial charge in [-0.1, -0.05) is 37.3 Å². The highest BCUT2D eigenvalue weighted by molar-refractivity contribution is 6.31. The lowest BCUT2D eigenvalue weighted by atomic mass is 9.53. The number of carbonyl (C=O) groups excluding carboxylic acids is 5. The molecule has 0 aliphatic heterocycles. The van der Waals surface area contributed by atoms with Gasteiger partial charge in [0.25, 0.3) is 0 Å². The monoisotopic (exact) mass is 475 g/mol. The van der Waals surface area contributed by atoms with Crippen LogP contribution in [0.4, 0.5) is 0 Å². The fourth-order valence-corrected chi connectivity index (χ4v) is 6.24. The summed E-state index contributed by atoms with van der Waals surface area (Å²) in [5.74, 6) is -9.93. The minimum Gasteiger partial charge on any atom is -0.507 e. The Labute approximate surface area is 201 Å². The Kier molecular flexibility index (Phi) is 5.25. The van der Waals surface area contributed by atoms with Crippen LogP contribution in [0.3, 0.4) is 0 Å². The van der Waals surface area contributed by atoms with Crippen molar-refractivity contribution >= 4 is 29.0 Å². The molecule has 8 nitrogen and oxygen atoms in total. The second-order valence-electron chi connectivity index (χ2n) is 9.74. The van der Waals surface area contributed by atoms with Crippen molar-refractivity contribution in [2.75, 3.05) is 0 Å². The molecule has 8 heteroatoms.